The topological polar surface area (TPSA) is 55.8 Å². The minimum absolute atomic E-state index is 0.0814. The predicted molar refractivity (Wildman–Crippen MR) is 88.3 cm³/mol. The number of hydrogen-bond donors (Lipinski definition) is 0. The lowest BCUT2D eigenvalue weighted by Gasteiger charge is -2.23. The van der Waals surface area contributed by atoms with Gasteiger partial charge in [-0.15, -0.1) is 0 Å². The molecule has 1 aromatic rings. The van der Waals surface area contributed by atoms with Crippen LogP contribution in [0.15, 0.2) is 24.3 Å². The van der Waals surface area contributed by atoms with Gasteiger partial charge in [-0.2, -0.15) is 0 Å². The third kappa shape index (κ3) is 4.79. The fourth-order valence-corrected chi connectivity index (χ4v) is 2.51. The van der Waals surface area contributed by atoms with Crippen LogP contribution in [0.1, 0.15) is 47.0 Å². The molecule has 1 fully saturated rings. The van der Waals surface area contributed by atoms with Gasteiger partial charge in [-0.3, -0.25) is 14.5 Å². The summed E-state index contributed by atoms with van der Waals surface area (Å²) in [5.74, 6) is 0.825. The molecule has 23 heavy (non-hydrogen) atoms. The normalized spacial score (nSPS) is 16.5. The SMILES string of the molecule is CC(C)CC(Oc1ccc(N2C(=O)CCC2=O)cc1)OC(C)C. The number of nitrogens with zero attached hydrogens (tertiary/aromatic N) is 1. The number of carbonyl (C=O) groups is 2. The summed E-state index contributed by atoms with van der Waals surface area (Å²) < 4.78 is 11.7. The Morgan fingerprint density at radius 2 is 1.57 bits per heavy atom. The van der Waals surface area contributed by atoms with Crippen LogP contribution >= 0.6 is 0 Å². The van der Waals surface area contributed by atoms with Gasteiger partial charge in [0.1, 0.15) is 5.75 Å². The molecule has 1 aliphatic heterocycles. The number of hydrogen-bond acceptors (Lipinski definition) is 4. The van der Waals surface area contributed by atoms with E-state index in [1.165, 1.54) is 4.90 Å². The first-order chi connectivity index (χ1) is 10.9. The second-order valence-electron chi connectivity index (χ2n) is 6.48. The van der Waals surface area contributed by atoms with Gasteiger partial charge in [0.2, 0.25) is 11.8 Å². The average molecular weight is 319 g/mol. The molecule has 0 bridgehead atoms. The van der Waals surface area contributed by atoms with Crippen LogP contribution in [-0.2, 0) is 14.3 Å². The molecule has 0 aromatic heterocycles. The molecule has 1 aromatic carbocycles. The van der Waals surface area contributed by atoms with Crippen molar-refractivity contribution in [1.29, 1.82) is 0 Å². The molecule has 1 aliphatic rings. The minimum Gasteiger partial charge on any atom is -0.465 e. The highest BCUT2D eigenvalue weighted by Gasteiger charge is 2.30. The maximum absolute atomic E-state index is 11.7. The van der Waals surface area contributed by atoms with Crippen molar-refractivity contribution in [2.75, 3.05) is 4.90 Å². The number of rotatable bonds is 7. The second kappa shape index (κ2) is 7.59. The Balaban J connectivity index is 2.05. The van der Waals surface area contributed by atoms with E-state index in [1.807, 2.05) is 13.8 Å². The smallest absolute Gasteiger partial charge is 0.234 e. The monoisotopic (exact) mass is 319 g/mol. The molecule has 0 aliphatic carbocycles. The molecule has 0 N–H and O–H groups in total. The Labute approximate surface area is 137 Å². The lowest BCUT2D eigenvalue weighted by molar-refractivity contribution is -0.121. The van der Waals surface area contributed by atoms with Gasteiger partial charge in [0, 0.05) is 19.3 Å². The Morgan fingerprint density at radius 3 is 2.04 bits per heavy atom. The van der Waals surface area contributed by atoms with Crippen molar-refractivity contribution >= 4 is 17.5 Å². The van der Waals surface area contributed by atoms with Gasteiger partial charge in [-0.25, -0.2) is 0 Å². The van der Waals surface area contributed by atoms with Crippen molar-refractivity contribution in [2.24, 2.45) is 5.92 Å². The number of amides is 2. The first-order valence-corrected chi connectivity index (χ1v) is 8.14. The number of carbonyl (C=O) groups excluding carboxylic acids is 2. The van der Waals surface area contributed by atoms with E-state index < -0.39 is 0 Å². The summed E-state index contributed by atoms with van der Waals surface area (Å²) in [5.41, 5.74) is 0.593. The predicted octanol–water partition coefficient (Wildman–Crippen LogP) is 3.52. The molecule has 5 heteroatoms. The van der Waals surface area contributed by atoms with Crippen molar-refractivity contribution in [3.8, 4) is 5.75 Å². The number of benzene rings is 1. The molecule has 1 heterocycles. The fraction of sp³-hybridized carbons (Fsp3) is 0.556. The first-order valence-electron chi connectivity index (χ1n) is 8.14. The Bertz CT molecular complexity index is 525. The molecule has 0 spiro atoms. The summed E-state index contributed by atoms with van der Waals surface area (Å²) in [4.78, 5) is 24.7. The lowest BCUT2D eigenvalue weighted by atomic mass is 10.1. The summed E-state index contributed by atoms with van der Waals surface area (Å²) in [6.07, 6.45) is 1.14. The van der Waals surface area contributed by atoms with Crippen molar-refractivity contribution in [3.63, 3.8) is 0 Å². The lowest BCUT2D eigenvalue weighted by Crippen LogP contribution is -2.28. The summed E-state index contributed by atoms with van der Waals surface area (Å²) in [6.45, 7) is 8.19. The molecular weight excluding hydrogens is 294 g/mol. The molecule has 2 amide bonds. The standard InChI is InChI=1S/C18H25NO4/c1-12(2)11-18(22-13(3)4)23-15-7-5-14(6-8-15)19-16(20)9-10-17(19)21/h5-8,12-13,18H,9-11H2,1-4H3. The molecule has 2 rings (SSSR count). The summed E-state index contributed by atoms with van der Waals surface area (Å²) in [6, 6.07) is 7.01. The zero-order valence-electron chi connectivity index (χ0n) is 14.2. The van der Waals surface area contributed by atoms with E-state index >= 15 is 0 Å². The van der Waals surface area contributed by atoms with E-state index in [9.17, 15) is 9.59 Å². The van der Waals surface area contributed by atoms with Crippen LogP contribution in [0.2, 0.25) is 0 Å². The largest absolute Gasteiger partial charge is 0.465 e. The quantitative estimate of drug-likeness (QED) is 0.570. The Kier molecular flexibility index (Phi) is 5.77. The Morgan fingerprint density at radius 1 is 1.00 bits per heavy atom. The van der Waals surface area contributed by atoms with Gasteiger partial charge in [-0.1, -0.05) is 13.8 Å². The van der Waals surface area contributed by atoms with Gasteiger partial charge in [0.05, 0.1) is 11.8 Å². The van der Waals surface area contributed by atoms with Gasteiger partial charge < -0.3 is 9.47 Å². The molecule has 1 atom stereocenters. The Hall–Kier alpha value is -1.88. The second-order valence-corrected chi connectivity index (χ2v) is 6.48. The highest BCUT2D eigenvalue weighted by molar-refractivity contribution is 6.19. The first kappa shape index (κ1) is 17.5. The number of ether oxygens (including phenoxy) is 2. The van der Waals surface area contributed by atoms with Crippen molar-refractivity contribution in [1.82, 2.24) is 0 Å². The summed E-state index contributed by atoms with van der Waals surface area (Å²) >= 11 is 0. The van der Waals surface area contributed by atoms with Gasteiger partial charge in [0.25, 0.3) is 0 Å². The average Bonchev–Trinajstić information content (AvgIpc) is 2.78. The molecule has 0 radical (unpaired) electrons. The summed E-state index contributed by atoms with van der Waals surface area (Å²) in [5, 5.41) is 0. The molecule has 1 unspecified atom stereocenters. The highest BCUT2D eigenvalue weighted by atomic mass is 16.7. The van der Waals surface area contributed by atoms with Crippen LogP contribution in [0.4, 0.5) is 5.69 Å². The highest BCUT2D eigenvalue weighted by Crippen LogP contribution is 2.26. The van der Waals surface area contributed by atoms with Crippen molar-refractivity contribution < 1.29 is 19.1 Å². The maximum atomic E-state index is 11.7. The van der Waals surface area contributed by atoms with E-state index in [1.54, 1.807) is 24.3 Å². The van der Waals surface area contributed by atoms with Crippen LogP contribution in [-0.4, -0.2) is 24.2 Å². The zero-order chi connectivity index (χ0) is 17.0. The van der Waals surface area contributed by atoms with Gasteiger partial charge >= 0.3 is 0 Å². The van der Waals surface area contributed by atoms with Gasteiger partial charge in [-0.05, 0) is 44.0 Å². The number of anilines is 1. The molecular formula is C18H25NO4. The van der Waals surface area contributed by atoms with Gasteiger partial charge in [0.15, 0.2) is 6.29 Å². The maximum Gasteiger partial charge on any atom is 0.234 e. The van der Waals surface area contributed by atoms with E-state index in [4.69, 9.17) is 9.47 Å². The van der Waals surface area contributed by atoms with Crippen LogP contribution in [0.3, 0.4) is 0 Å². The zero-order valence-corrected chi connectivity index (χ0v) is 14.2. The number of imide groups is 1. The van der Waals surface area contributed by atoms with E-state index in [-0.39, 0.29) is 37.0 Å². The molecule has 1 saturated heterocycles. The van der Waals surface area contributed by atoms with Crippen LogP contribution in [0.25, 0.3) is 0 Å². The van der Waals surface area contributed by atoms with Crippen LogP contribution in [0, 0.1) is 5.92 Å². The van der Waals surface area contributed by atoms with E-state index in [0.717, 1.165) is 6.42 Å². The van der Waals surface area contributed by atoms with Crippen molar-refractivity contribution in [2.45, 2.75) is 59.4 Å². The fourth-order valence-electron chi connectivity index (χ4n) is 2.51. The van der Waals surface area contributed by atoms with Crippen LogP contribution < -0.4 is 9.64 Å². The minimum atomic E-state index is -0.309. The van der Waals surface area contributed by atoms with Crippen molar-refractivity contribution in [3.05, 3.63) is 24.3 Å². The van der Waals surface area contributed by atoms with Crippen LogP contribution in [0.5, 0.6) is 5.75 Å². The third-order valence-electron chi connectivity index (χ3n) is 3.50. The van der Waals surface area contributed by atoms with E-state index in [2.05, 4.69) is 13.8 Å². The third-order valence-corrected chi connectivity index (χ3v) is 3.50. The summed E-state index contributed by atoms with van der Waals surface area (Å²) in [7, 11) is 0. The van der Waals surface area contributed by atoms with E-state index in [0.29, 0.717) is 17.4 Å². The molecule has 126 valence electrons. The molecule has 5 nitrogen and oxygen atoms in total. The molecule has 0 saturated carbocycles.